The second-order valence-electron chi connectivity index (χ2n) is 8.81. The summed E-state index contributed by atoms with van der Waals surface area (Å²) in [6, 6.07) is 13.1. The van der Waals surface area contributed by atoms with Crippen molar-refractivity contribution in [1.82, 2.24) is 4.57 Å². The Morgan fingerprint density at radius 2 is 1.85 bits per heavy atom. The molecular formula is C24H26Cl2N2O4Si. The molecule has 3 aromatic rings. The molecule has 0 saturated heterocycles. The molecule has 0 unspecified atom stereocenters. The van der Waals surface area contributed by atoms with E-state index >= 15 is 0 Å². The largest absolute Gasteiger partial charge is 0.477 e. The molecule has 0 fully saturated rings. The molecule has 3 rings (SSSR count). The molecule has 0 saturated carbocycles. The molecule has 0 radical (unpaired) electrons. The molecular weight excluding hydrogens is 479 g/mol. The van der Waals surface area contributed by atoms with Crippen LogP contribution in [0.1, 0.15) is 16.1 Å². The molecule has 33 heavy (non-hydrogen) atoms. The normalized spacial score (nSPS) is 11.9. The van der Waals surface area contributed by atoms with Crippen LogP contribution < -0.4 is 5.32 Å². The van der Waals surface area contributed by atoms with Crippen LogP contribution in [0.15, 0.2) is 48.5 Å². The number of carbonyl (C=O) groups is 2. The highest BCUT2D eigenvalue weighted by Gasteiger charge is 2.24. The number of rotatable bonds is 9. The highest BCUT2D eigenvalue weighted by molar-refractivity contribution is 6.76. The third-order valence-electron chi connectivity index (χ3n) is 4.98. The predicted molar refractivity (Wildman–Crippen MR) is 137 cm³/mol. The fraction of sp³-hybridized carbons (Fsp3) is 0.250. The molecule has 1 amide bonds. The van der Waals surface area contributed by atoms with E-state index in [1.807, 2.05) is 6.07 Å². The number of hydrogen-bond acceptors (Lipinski definition) is 3. The molecule has 9 heteroatoms. The summed E-state index contributed by atoms with van der Waals surface area (Å²) in [4.78, 5) is 24.7. The number of nitrogens with one attached hydrogen (secondary N) is 1. The number of fused-ring (bicyclic) bond motifs is 1. The van der Waals surface area contributed by atoms with E-state index < -0.39 is 20.0 Å². The Hall–Kier alpha value is -2.58. The van der Waals surface area contributed by atoms with E-state index in [1.165, 1.54) is 16.7 Å². The number of carboxylic acids is 1. The van der Waals surface area contributed by atoms with Crippen molar-refractivity contribution in [3.63, 3.8) is 0 Å². The Kier molecular flexibility index (Phi) is 8.02. The first kappa shape index (κ1) is 25.0. The molecule has 0 bridgehead atoms. The third-order valence-corrected chi connectivity index (χ3v) is 7.20. The summed E-state index contributed by atoms with van der Waals surface area (Å²) in [6.45, 7) is 7.28. The van der Waals surface area contributed by atoms with Crippen molar-refractivity contribution < 1.29 is 19.4 Å². The average Bonchev–Trinajstić information content (AvgIpc) is 3.03. The number of carbonyl (C=O) groups excluding carboxylic acids is 1. The van der Waals surface area contributed by atoms with Crippen molar-refractivity contribution in [2.24, 2.45) is 0 Å². The van der Waals surface area contributed by atoms with Gasteiger partial charge in [0, 0.05) is 42.4 Å². The summed E-state index contributed by atoms with van der Waals surface area (Å²) in [5, 5.41) is 13.9. The summed E-state index contributed by atoms with van der Waals surface area (Å²) in [7, 11) is -1.30. The van der Waals surface area contributed by atoms with Crippen LogP contribution in [0.3, 0.4) is 0 Å². The van der Waals surface area contributed by atoms with Gasteiger partial charge in [-0.3, -0.25) is 4.79 Å². The van der Waals surface area contributed by atoms with Crippen molar-refractivity contribution in [3.8, 4) is 0 Å². The zero-order chi connectivity index (χ0) is 24.2. The highest BCUT2D eigenvalue weighted by Crippen LogP contribution is 2.36. The quantitative estimate of drug-likeness (QED) is 0.195. The minimum atomic E-state index is -1.30. The molecule has 174 valence electrons. The first-order chi connectivity index (χ1) is 15.6. The van der Waals surface area contributed by atoms with E-state index in [-0.39, 0.29) is 12.4 Å². The van der Waals surface area contributed by atoms with Crippen LogP contribution in [0, 0.1) is 0 Å². The summed E-state index contributed by atoms with van der Waals surface area (Å²) in [6.07, 6.45) is 2.75. The number of amides is 1. The second-order valence-corrected chi connectivity index (χ2v) is 15.3. The van der Waals surface area contributed by atoms with E-state index in [1.54, 1.807) is 36.4 Å². The van der Waals surface area contributed by atoms with Gasteiger partial charge in [-0.2, -0.15) is 0 Å². The van der Waals surface area contributed by atoms with E-state index in [0.29, 0.717) is 38.8 Å². The molecule has 0 aliphatic rings. The van der Waals surface area contributed by atoms with Gasteiger partial charge in [-0.1, -0.05) is 61.0 Å². The summed E-state index contributed by atoms with van der Waals surface area (Å²) in [5.74, 6) is -1.55. The van der Waals surface area contributed by atoms with Crippen molar-refractivity contribution in [1.29, 1.82) is 0 Å². The van der Waals surface area contributed by atoms with E-state index in [0.717, 1.165) is 6.04 Å². The Bertz CT molecular complexity index is 1200. The molecule has 2 aromatic carbocycles. The van der Waals surface area contributed by atoms with Crippen LogP contribution in [0.2, 0.25) is 35.7 Å². The lowest BCUT2D eigenvalue weighted by atomic mass is 10.1. The van der Waals surface area contributed by atoms with Crippen LogP contribution in [-0.2, 0) is 16.3 Å². The highest BCUT2D eigenvalue weighted by atomic mass is 35.5. The Morgan fingerprint density at radius 1 is 1.15 bits per heavy atom. The number of carboxylic acid groups (broad SMARTS) is 1. The number of anilines is 1. The van der Waals surface area contributed by atoms with Crippen molar-refractivity contribution in [2.45, 2.75) is 32.4 Å². The number of halogens is 2. The van der Waals surface area contributed by atoms with Crippen LogP contribution in [0.5, 0.6) is 0 Å². The van der Waals surface area contributed by atoms with Gasteiger partial charge < -0.3 is 19.7 Å². The lowest BCUT2D eigenvalue weighted by Crippen LogP contribution is -2.22. The number of para-hydroxylation sites is 1. The lowest BCUT2D eigenvalue weighted by molar-refractivity contribution is -0.111. The molecule has 1 aromatic heterocycles. The number of aromatic carboxylic acids is 1. The fourth-order valence-corrected chi connectivity index (χ4v) is 4.69. The first-order valence-electron chi connectivity index (χ1n) is 10.4. The SMILES string of the molecule is C[Si](C)(C)CCOCn1c(C(=O)O)c(C=CC(=O)Nc2ccccc2)c2c(Cl)cc(Cl)cc21. The zero-order valence-electron chi connectivity index (χ0n) is 18.7. The summed E-state index contributed by atoms with van der Waals surface area (Å²) < 4.78 is 7.37. The van der Waals surface area contributed by atoms with Gasteiger partial charge in [-0.05, 0) is 36.4 Å². The zero-order valence-corrected chi connectivity index (χ0v) is 21.2. The third kappa shape index (κ3) is 6.48. The van der Waals surface area contributed by atoms with Crippen molar-refractivity contribution >= 4 is 65.8 Å². The summed E-state index contributed by atoms with van der Waals surface area (Å²) in [5.41, 5.74) is 1.46. The van der Waals surface area contributed by atoms with Gasteiger partial charge in [-0.15, -0.1) is 0 Å². The van der Waals surface area contributed by atoms with E-state index in [4.69, 9.17) is 27.9 Å². The Balaban J connectivity index is 1.99. The monoisotopic (exact) mass is 504 g/mol. The lowest BCUT2D eigenvalue weighted by Gasteiger charge is -2.16. The van der Waals surface area contributed by atoms with E-state index in [9.17, 15) is 14.7 Å². The number of aromatic nitrogens is 1. The van der Waals surface area contributed by atoms with Crippen LogP contribution in [0.4, 0.5) is 5.69 Å². The Labute approximate surface area is 203 Å². The minimum absolute atomic E-state index is 0.0223. The number of ether oxygens (including phenoxy) is 1. The van der Waals surface area contributed by atoms with E-state index in [2.05, 4.69) is 25.0 Å². The first-order valence-corrected chi connectivity index (χ1v) is 14.9. The van der Waals surface area contributed by atoms with Gasteiger partial charge in [-0.25, -0.2) is 4.79 Å². The minimum Gasteiger partial charge on any atom is -0.477 e. The van der Waals surface area contributed by atoms with Gasteiger partial charge in [0.15, 0.2) is 0 Å². The standard InChI is InChI=1S/C24H26Cl2N2O4Si/c1-33(2,3)12-11-32-15-28-20-14-16(25)13-19(26)22(20)18(23(28)24(30)31)9-10-21(29)27-17-7-5-4-6-8-17/h4-10,13-14H,11-12,15H2,1-3H3,(H,27,29)(H,30,31). The topological polar surface area (TPSA) is 80.6 Å². The van der Waals surface area contributed by atoms with Gasteiger partial charge in [0.1, 0.15) is 12.4 Å². The number of nitrogens with zero attached hydrogens (tertiary/aromatic N) is 1. The predicted octanol–water partition coefficient (Wildman–Crippen LogP) is 6.61. The van der Waals surface area contributed by atoms with Gasteiger partial charge in [0.25, 0.3) is 0 Å². The average molecular weight is 505 g/mol. The van der Waals surface area contributed by atoms with Gasteiger partial charge in [0.05, 0.1) is 10.5 Å². The molecule has 0 spiro atoms. The Morgan fingerprint density at radius 3 is 2.48 bits per heavy atom. The van der Waals surface area contributed by atoms with Gasteiger partial charge in [0.2, 0.25) is 5.91 Å². The number of hydrogen-bond donors (Lipinski definition) is 2. The molecule has 0 atom stereocenters. The van der Waals surface area contributed by atoms with Crippen LogP contribution in [0.25, 0.3) is 17.0 Å². The molecule has 2 N–H and O–H groups in total. The molecule has 1 heterocycles. The molecule has 0 aliphatic heterocycles. The molecule has 0 aliphatic carbocycles. The van der Waals surface area contributed by atoms with Gasteiger partial charge >= 0.3 is 5.97 Å². The van der Waals surface area contributed by atoms with Crippen LogP contribution in [-0.4, -0.2) is 36.2 Å². The fourth-order valence-electron chi connectivity index (χ4n) is 3.35. The van der Waals surface area contributed by atoms with Crippen LogP contribution >= 0.6 is 23.2 Å². The number of benzene rings is 2. The maximum absolute atomic E-state index is 12.4. The maximum atomic E-state index is 12.4. The van der Waals surface area contributed by atoms with Crippen molar-refractivity contribution in [3.05, 3.63) is 69.8 Å². The maximum Gasteiger partial charge on any atom is 0.353 e. The smallest absolute Gasteiger partial charge is 0.353 e. The van der Waals surface area contributed by atoms with Crippen molar-refractivity contribution in [2.75, 3.05) is 11.9 Å². The second kappa shape index (κ2) is 10.6. The molecule has 6 nitrogen and oxygen atoms in total. The summed E-state index contributed by atoms with van der Waals surface area (Å²) >= 11 is 12.7.